The Labute approximate surface area is 127 Å². The average molecular weight is 340 g/mol. The molecule has 5 heteroatoms. The van der Waals surface area contributed by atoms with Gasteiger partial charge in [0.2, 0.25) is 5.91 Å². The maximum absolute atomic E-state index is 11.9. The molecule has 1 aliphatic rings. The highest BCUT2D eigenvalue weighted by Crippen LogP contribution is 2.29. The van der Waals surface area contributed by atoms with Gasteiger partial charge in [0.25, 0.3) is 0 Å². The zero-order valence-electron chi connectivity index (χ0n) is 11.4. The molecule has 1 saturated heterocycles. The first kappa shape index (κ1) is 15.0. The molecule has 2 unspecified atom stereocenters. The van der Waals surface area contributed by atoms with Crippen molar-refractivity contribution in [3.8, 4) is 0 Å². The summed E-state index contributed by atoms with van der Waals surface area (Å²) in [7, 11) is 0. The molecule has 2 rings (SSSR count). The molecule has 0 bridgehead atoms. The van der Waals surface area contributed by atoms with Gasteiger partial charge in [0.1, 0.15) is 5.92 Å². The second-order valence-corrected chi connectivity index (χ2v) is 5.84. The quantitative estimate of drug-likeness (QED) is 0.509. The maximum Gasteiger partial charge on any atom is 0.318 e. The predicted octanol–water partition coefficient (Wildman–Crippen LogP) is 2.97. The number of rotatable bonds is 5. The van der Waals surface area contributed by atoms with Crippen LogP contribution in [0.5, 0.6) is 0 Å². The third kappa shape index (κ3) is 3.60. The summed E-state index contributed by atoms with van der Waals surface area (Å²) in [6.45, 7) is 2.42. The van der Waals surface area contributed by atoms with Crippen molar-refractivity contribution in [3.05, 3.63) is 34.3 Å². The molecule has 20 heavy (non-hydrogen) atoms. The summed E-state index contributed by atoms with van der Waals surface area (Å²) in [6, 6.07) is 7.63. The van der Waals surface area contributed by atoms with Crippen LogP contribution >= 0.6 is 15.9 Å². The number of hydrogen-bond donors (Lipinski definition) is 1. The van der Waals surface area contributed by atoms with E-state index in [2.05, 4.69) is 21.2 Å². The molecule has 2 atom stereocenters. The normalized spacial score (nSPS) is 21.6. The Kier molecular flexibility index (Phi) is 5.17. The number of esters is 1. The van der Waals surface area contributed by atoms with Gasteiger partial charge in [-0.2, -0.15) is 0 Å². The Morgan fingerprint density at radius 1 is 1.40 bits per heavy atom. The van der Waals surface area contributed by atoms with Crippen molar-refractivity contribution >= 4 is 27.8 Å². The fourth-order valence-corrected chi connectivity index (χ4v) is 2.47. The zero-order valence-corrected chi connectivity index (χ0v) is 13.0. The molecule has 1 fully saturated rings. The summed E-state index contributed by atoms with van der Waals surface area (Å²) >= 11 is 3.37. The van der Waals surface area contributed by atoms with Gasteiger partial charge in [-0.15, -0.1) is 0 Å². The van der Waals surface area contributed by atoms with E-state index >= 15 is 0 Å². The van der Waals surface area contributed by atoms with Crippen LogP contribution in [0.4, 0.5) is 0 Å². The predicted molar refractivity (Wildman–Crippen MR) is 79.0 cm³/mol. The topological polar surface area (TPSA) is 55.4 Å². The second-order valence-electron chi connectivity index (χ2n) is 4.92. The van der Waals surface area contributed by atoms with Crippen molar-refractivity contribution in [2.75, 3.05) is 6.61 Å². The Morgan fingerprint density at radius 2 is 2.10 bits per heavy atom. The van der Waals surface area contributed by atoms with Gasteiger partial charge in [-0.25, -0.2) is 0 Å². The van der Waals surface area contributed by atoms with E-state index in [9.17, 15) is 9.59 Å². The maximum atomic E-state index is 11.9. The molecule has 1 aliphatic heterocycles. The molecule has 0 spiro atoms. The lowest BCUT2D eigenvalue weighted by molar-refractivity contribution is -0.151. The van der Waals surface area contributed by atoms with Crippen LogP contribution in [-0.2, 0) is 14.3 Å². The molecule has 1 N–H and O–H groups in total. The number of carbonyl (C=O) groups excluding carboxylic acids is 2. The number of unbranched alkanes of at least 4 members (excludes halogenated alkanes) is 1. The fraction of sp³-hybridized carbons (Fsp3) is 0.467. The van der Waals surface area contributed by atoms with E-state index in [4.69, 9.17) is 4.74 Å². The minimum absolute atomic E-state index is 0.112. The van der Waals surface area contributed by atoms with E-state index in [-0.39, 0.29) is 11.9 Å². The molecule has 0 radical (unpaired) electrons. The lowest BCUT2D eigenvalue weighted by atomic mass is 10.00. The molecule has 0 aliphatic carbocycles. The fourth-order valence-electron chi connectivity index (χ4n) is 2.21. The van der Waals surface area contributed by atoms with Gasteiger partial charge in [-0.3, -0.25) is 9.59 Å². The standard InChI is InChI=1S/C15H18BrNO3/c1-2-3-8-20-15(19)12-9-13(17-14(12)18)10-4-6-11(16)7-5-10/h4-7,12-13H,2-3,8-9H2,1H3,(H,17,18). The molecule has 1 aromatic rings. The minimum Gasteiger partial charge on any atom is -0.465 e. The number of hydrogen-bond acceptors (Lipinski definition) is 3. The minimum atomic E-state index is -0.680. The van der Waals surface area contributed by atoms with Gasteiger partial charge < -0.3 is 10.1 Å². The number of ether oxygens (including phenoxy) is 1. The summed E-state index contributed by atoms with van der Waals surface area (Å²) in [5, 5.41) is 2.86. The zero-order chi connectivity index (χ0) is 14.5. The third-order valence-electron chi connectivity index (χ3n) is 3.40. The molecule has 1 heterocycles. The summed E-state index contributed by atoms with van der Waals surface area (Å²) in [5.41, 5.74) is 1.01. The number of halogens is 1. The van der Waals surface area contributed by atoms with E-state index < -0.39 is 11.9 Å². The van der Waals surface area contributed by atoms with Crippen molar-refractivity contribution in [1.29, 1.82) is 0 Å². The van der Waals surface area contributed by atoms with Crippen LogP contribution in [0, 0.1) is 5.92 Å². The van der Waals surface area contributed by atoms with Crippen molar-refractivity contribution in [3.63, 3.8) is 0 Å². The van der Waals surface area contributed by atoms with Crippen LogP contribution in [-0.4, -0.2) is 18.5 Å². The van der Waals surface area contributed by atoms with E-state index in [0.29, 0.717) is 13.0 Å². The summed E-state index contributed by atoms with van der Waals surface area (Å²) in [5.74, 6) is -1.32. The Hall–Kier alpha value is -1.36. The van der Waals surface area contributed by atoms with Crippen LogP contribution < -0.4 is 5.32 Å². The van der Waals surface area contributed by atoms with Crippen LogP contribution in [0.3, 0.4) is 0 Å². The van der Waals surface area contributed by atoms with E-state index in [1.165, 1.54) is 0 Å². The van der Waals surface area contributed by atoms with E-state index in [0.717, 1.165) is 22.9 Å². The van der Waals surface area contributed by atoms with Crippen LogP contribution in [0.15, 0.2) is 28.7 Å². The molecule has 108 valence electrons. The molecule has 1 amide bonds. The van der Waals surface area contributed by atoms with Gasteiger partial charge in [0.15, 0.2) is 0 Å². The number of amides is 1. The molecular formula is C15H18BrNO3. The van der Waals surface area contributed by atoms with Crippen LogP contribution in [0.25, 0.3) is 0 Å². The second kappa shape index (κ2) is 6.88. The summed E-state index contributed by atoms with van der Waals surface area (Å²) in [6.07, 6.45) is 2.26. The molecule has 0 saturated carbocycles. The van der Waals surface area contributed by atoms with Crippen molar-refractivity contribution in [2.24, 2.45) is 5.92 Å². The summed E-state index contributed by atoms with van der Waals surface area (Å²) in [4.78, 5) is 23.7. The van der Waals surface area contributed by atoms with Gasteiger partial charge in [0.05, 0.1) is 12.6 Å². The Bertz CT molecular complexity index is 486. The first-order valence-electron chi connectivity index (χ1n) is 6.84. The molecule has 4 nitrogen and oxygen atoms in total. The highest BCUT2D eigenvalue weighted by molar-refractivity contribution is 9.10. The SMILES string of the molecule is CCCCOC(=O)C1CC(c2ccc(Br)cc2)NC1=O. The van der Waals surface area contributed by atoms with Gasteiger partial charge in [-0.1, -0.05) is 41.4 Å². The highest BCUT2D eigenvalue weighted by Gasteiger charge is 2.38. The molecule has 1 aromatic carbocycles. The Morgan fingerprint density at radius 3 is 2.75 bits per heavy atom. The first-order chi connectivity index (χ1) is 9.61. The number of nitrogens with one attached hydrogen (secondary N) is 1. The largest absolute Gasteiger partial charge is 0.465 e. The Balaban J connectivity index is 1.96. The first-order valence-corrected chi connectivity index (χ1v) is 7.63. The summed E-state index contributed by atoms with van der Waals surface area (Å²) < 4.78 is 6.12. The van der Waals surface area contributed by atoms with Gasteiger partial charge >= 0.3 is 5.97 Å². The monoisotopic (exact) mass is 339 g/mol. The van der Waals surface area contributed by atoms with Gasteiger partial charge in [-0.05, 0) is 30.5 Å². The number of carbonyl (C=O) groups is 2. The molecule has 0 aromatic heterocycles. The average Bonchev–Trinajstić information content (AvgIpc) is 2.82. The smallest absolute Gasteiger partial charge is 0.318 e. The lowest BCUT2D eigenvalue weighted by Gasteiger charge is -2.10. The van der Waals surface area contributed by atoms with Crippen molar-refractivity contribution in [2.45, 2.75) is 32.2 Å². The van der Waals surface area contributed by atoms with E-state index in [1.807, 2.05) is 31.2 Å². The van der Waals surface area contributed by atoms with E-state index in [1.54, 1.807) is 0 Å². The van der Waals surface area contributed by atoms with Crippen LogP contribution in [0.2, 0.25) is 0 Å². The highest BCUT2D eigenvalue weighted by atomic mass is 79.9. The lowest BCUT2D eigenvalue weighted by Crippen LogP contribution is -2.27. The van der Waals surface area contributed by atoms with Crippen LogP contribution in [0.1, 0.15) is 37.8 Å². The number of benzene rings is 1. The van der Waals surface area contributed by atoms with Gasteiger partial charge in [0, 0.05) is 4.47 Å². The van der Waals surface area contributed by atoms with Crippen molar-refractivity contribution in [1.82, 2.24) is 5.32 Å². The van der Waals surface area contributed by atoms with Crippen molar-refractivity contribution < 1.29 is 14.3 Å². The third-order valence-corrected chi connectivity index (χ3v) is 3.93. The molecular weight excluding hydrogens is 322 g/mol.